The first kappa shape index (κ1) is 16.2. The summed E-state index contributed by atoms with van der Waals surface area (Å²) in [5.41, 5.74) is 0.730. The van der Waals surface area contributed by atoms with Crippen molar-refractivity contribution in [3.8, 4) is 0 Å². The Bertz CT molecular complexity index is 682. The standard InChI is InChI=1S/C17H20FN5O/c18-14-5-1-4-13(10-14)11-21-17(24)22-15-6-2-9-23(12-15)16-19-7-3-8-20-16/h1,3-5,7-8,10,15H,2,6,9,11-12H2,(H2,21,22,24)/t15-/m1/s1. The van der Waals surface area contributed by atoms with Gasteiger partial charge in [0.25, 0.3) is 0 Å². The number of nitrogens with one attached hydrogen (secondary N) is 2. The van der Waals surface area contributed by atoms with Crippen molar-refractivity contribution in [2.24, 2.45) is 0 Å². The molecule has 2 N–H and O–H groups in total. The second kappa shape index (κ2) is 7.72. The van der Waals surface area contributed by atoms with E-state index in [-0.39, 0.29) is 17.9 Å². The van der Waals surface area contributed by atoms with Crippen LogP contribution in [-0.2, 0) is 6.54 Å². The van der Waals surface area contributed by atoms with E-state index in [0.717, 1.165) is 24.9 Å². The summed E-state index contributed by atoms with van der Waals surface area (Å²) in [6, 6.07) is 7.77. The van der Waals surface area contributed by atoms with Gasteiger partial charge in [-0.3, -0.25) is 0 Å². The van der Waals surface area contributed by atoms with Gasteiger partial charge in [0.05, 0.1) is 0 Å². The van der Waals surface area contributed by atoms with Crippen LogP contribution in [-0.4, -0.2) is 35.1 Å². The Morgan fingerprint density at radius 2 is 2.12 bits per heavy atom. The molecule has 0 unspecified atom stereocenters. The van der Waals surface area contributed by atoms with Crippen molar-refractivity contribution >= 4 is 12.0 Å². The fourth-order valence-corrected chi connectivity index (χ4v) is 2.80. The van der Waals surface area contributed by atoms with Crippen LogP contribution in [0.5, 0.6) is 0 Å². The van der Waals surface area contributed by atoms with Crippen LogP contribution in [0.25, 0.3) is 0 Å². The Morgan fingerprint density at radius 3 is 2.92 bits per heavy atom. The van der Waals surface area contributed by atoms with Gasteiger partial charge in [-0.15, -0.1) is 0 Å². The maximum atomic E-state index is 13.1. The number of halogens is 1. The summed E-state index contributed by atoms with van der Waals surface area (Å²) in [5.74, 6) is 0.379. The molecule has 2 aromatic rings. The quantitative estimate of drug-likeness (QED) is 0.901. The largest absolute Gasteiger partial charge is 0.339 e. The maximum absolute atomic E-state index is 13.1. The second-order valence-electron chi connectivity index (χ2n) is 5.79. The van der Waals surface area contributed by atoms with Crippen molar-refractivity contribution in [2.75, 3.05) is 18.0 Å². The minimum Gasteiger partial charge on any atom is -0.339 e. The summed E-state index contributed by atoms with van der Waals surface area (Å²) in [7, 11) is 0. The Kier molecular flexibility index (Phi) is 5.20. The molecular formula is C17H20FN5O. The van der Waals surface area contributed by atoms with Crippen LogP contribution in [0.2, 0.25) is 0 Å². The molecule has 24 heavy (non-hydrogen) atoms. The lowest BCUT2D eigenvalue weighted by molar-refractivity contribution is 0.234. The van der Waals surface area contributed by atoms with Crippen molar-refractivity contribution in [3.05, 3.63) is 54.1 Å². The van der Waals surface area contributed by atoms with E-state index in [9.17, 15) is 9.18 Å². The number of benzene rings is 1. The summed E-state index contributed by atoms with van der Waals surface area (Å²) >= 11 is 0. The van der Waals surface area contributed by atoms with E-state index in [1.54, 1.807) is 30.6 Å². The number of hydrogen-bond donors (Lipinski definition) is 2. The van der Waals surface area contributed by atoms with E-state index < -0.39 is 0 Å². The molecule has 1 atom stereocenters. The van der Waals surface area contributed by atoms with E-state index in [0.29, 0.717) is 19.0 Å². The molecule has 1 fully saturated rings. The minimum absolute atomic E-state index is 0.0371. The van der Waals surface area contributed by atoms with Crippen molar-refractivity contribution < 1.29 is 9.18 Å². The number of amides is 2. The van der Waals surface area contributed by atoms with Gasteiger partial charge in [0.1, 0.15) is 5.82 Å². The Hall–Kier alpha value is -2.70. The molecule has 7 heteroatoms. The molecule has 1 aromatic heterocycles. The molecular weight excluding hydrogens is 309 g/mol. The van der Waals surface area contributed by atoms with Crippen LogP contribution >= 0.6 is 0 Å². The van der Waals surface area contributed by atoms with Gasteiger partial charge >= 0.3 is 6.03 Å². The SMILES string of the molecule is O=C(NCc1cccc(F)c1)N[C@@H]1CCCN(c2ncccn2)C1. The zero-order chi connectivity index (χ0) is 16.8. The van der Waals surface area contributed by atoms with Crippen LogP contribution < -0.4 is 15.5 Å². The van der Waals surface area contributed by atoms with Crippen molar-refractivity contribution in [3.63, 3.8) is 0 Å². The molecule has 0 bridgehead atoms. The lowest BCUT2D eigenvalue weighted by atomic mass is 10.1. The summed E-state index contributed by atoms with van der Waals surface area (Å²) in [6.45, 7) is 1.85. The fourth-order valence-electron chi connectivity index (χ4n) is 2.80. The van der Waals surface area contributed by atoms with Gasteiger partial charge in [0.2, 0.25) is 5.95 Å². The second-order valence-corrected chi connectivity index (χ2v) is 5.79. The van der Waals surface area contributed by atoms with E-state index in [2.05, 4.69) is 25.5 Å². The third-order valence-electron chi connectivity index (χ3n) is 3.93. The van der Waals surface area contributed by atoms with Gasteiger partial charge in [-0.1, -0.05) is 12.1 Å². The van der Waals surface area contributed by atoms with Gasteiger partial charge < -0.3 is 15.5 Å². The molecule has 2 heterocycles. The van der Waals surface area contributed by atoms with Crippen molar-refractivity contribution in [1.82, 2.24) is 20.6 Å². The number of hydrogen-bond acceptors (Lipinski definition) is 4. The third kappa shape index (κ3) is 4.41. The molecule has 2 amide bonds. The number of piperidine rings is 1. The Morgan fingerprint density at radius 1 is 1.29 bits per heavy atom. The highest BCUT2D eigenvalue weighted by Crippen LogP contribution is 2.15. The van der Waals surface area contributed by atoms with Gasteiger partial charge in [0.15, 0.2) is 0 Å². The Balaban J connectivity index is 1.49. The number of nitrogens with zero attached hydrogens (tertiary/aromatic N) is 3. The number of urea groups is 1. The van der Waals surface area contributed by atoms with Crippen LogP contribution in [0.1, 0.15) is 18.4 Å². The van der Waals surface area contributed by atoms with Crippen LogP contribution in [0, 0.1) is 5.82 Å². The maximum Gasteiger partial charge on any atom is 0.315 e. The highest BCUT2D eigenvalue weighted by Gasteiger charge is 2.22. The zero-order valence-corrected chi connectivity index (χ0v) is 13.3. The first-order valence-electron chi connectivity index (χ1n) is 8.01. The molecule has 0 spiro atoms. The number of rotatable bonds is 4. The topological polar surface area (TPSA) is 70.2 Å². The first-order chi connectivity index (χ1) is 11.7. The summed E-state index contributed by atoms with van der Waals surface area (Å²) < 4.78 is 13.1. The van der Waals surface area contributed by atoms with Gasteiger partial charge in [-0.05, 0) is 36.6 Å². The smallest absolute Gasteiger partial charge is 0.315 e. The number of carbonyl (C=O) groups excluding carboxylic acids is 1. The van der Waals surface area contributed by atoms with E-state index in [1.165, 1.54) is 12.1 Å². The highest BCUT2D eigenvalue weighted by atomic mass is 19.1. The summed E-state index contributed by atoms with van der Waals surface area (Å²) in [4.78, 5) is 22.6. The molecule has 126 valence electrons. The fraction of sp³-hybridized carbons (Fsp3) is 0.353. The predicted octanol–water partition coefficient (Wildman–Crippen LogP) is 2.08. The summed E-state index contributed by atoms with van der Waals surface area (Å²) in [6.07, 6.45) is 5.31. The molecule has 1 aromatic carbocycles. The molecule has 0 radical (unpaired) electrons. The minimum atomic E-state index is -0.305. The normalized spacial score (nSPS) is 17.4. The van der Waals surface area contributed by atoms with Crippen LogP contribution in [0.15, 0.2) is 42.7 Å². The molecule has 0 saturated carbocycles. The van der Waals surface area contributed by atoms with Crippen molar-refractivity contribution in [1.29, 1.82) is 0 Å². The average molecular weight is 329 g/mol. The highest BCUT2D eigenvalue weighted by molar-refractivity contribution is 5.74. The molecule has 3 rings (SSSR count). The van der Waals surface area contributed by atoms with Crippen molar-refractivity contribution in [2.45, 2.75) is 25.4 Å². The van der Waals surface area contributed by atoms with Crippen LogP contribution in [0.3, 0.4) is 0 Å². The zero-order valence-electron chi connectivity index (χ0n) is 13.3. The summed E-state index contributed by atoms with van der Waals surface area (Å²) in [5, 5.41) is 5.72. The average Bonchev–Trinajstić information content (AvgIpc) is 2.61. The molecule has 0 aliphatic carbocycles. The van der Waals surface area contributed by atoms with Gasteiger partial charge in [-0.25, -0.2) is 19.2 Å². The van der Waals surface area contributed by atoms with E-state index in [1.807, 2.05) is 0 Å². The number of anilines is 1. The van der Waals surface area contributed by atoms with E-state index >= 15 is 0 Å². The van der Waals surface area contributed by atoms with Crippen LogP contribution in [0.4, 0.5) is 15.1 Å². The molecule has 1 aliphatic heterocycles. The number of aromatic nitrogens is 2. The van der Waals surface area contributed by atoms with Gasteiger partial charge in [-0.2, -0.15) is 0 Å². The molecule has 1 aliphatic rings. The molecule has 1 saturated heterocycles. The van der Waals surface area contributed by atoms with E-state index in [4.69, 9.17) is 0 Å². The third-order valence-corrected chi connectivity index (χ3v) is 3.93. The monoisotopic (exact) mass is 329 g/mol. The predicted molar refractivity (Wildman–Crippen MR) is 89.0 cm³/mol. The number of carbonyl (C=O) groups is 1. The first-order valence-corrected chi connectivity index (χ1v) is 8.01. The molecule has 6 nitrogen and oxygen atoms in total. The lowest BCUT2D eigenvalue weighted by Crippen LogP contribution is -2.50. The lowest BCUT2D eigenvalue weighted by Gasteiger charge is -2.33. The Labute approximate surface area is 140 Å². The van der Waals surface area contributed by atoms with Gasteiger partial charge in [0, 0.05) is 38.1 Å².